The smallest absolute Gasteiger partial charge is 0.138 e. The second-order valence-corrected chi connectivity index (χ2v) is 5.08. The second-order valence-electron chi connectivity index (χ2n) is 4.26. The lowest BCUT2D eigenvalue weighted by atomic mass is 10.0. The molecule has 0 aliphatic carbocycles. The molecular formula is C16H10F3NS. The number of benzene rings is 2. The summed E-state index contributed by atoms with van der Waals surface area (Å²) in [6, 6.07) is 9.51. The summed E-state index contributed by atoms with van der Waals surface area (Å²) >= 11 is 0.690. The van der Waals surface area contributed by atoms with E-state index in [9.17, 15) is 13.2 Å². The lowest BCUT2D eigenvalue weighted by Crippen LogP contribution is -1.91. The Labute approximate surface area is 124 Å². The van der Waals surface area contributed by atoms with Crippen LogP contribution in [0.3, 0.4) is 0 Å². The number of nitrogens with zero attached hydrogens (tertiary/aromatic N) is 1. The van der Waals surface area contributed by atoms with Crippen molar-refractivity contribution in [1.82, 2.24) is 0 Å². The van der Waals surface area contributed by atoms with E-state index in [2.05, 4.69) is 0 Å². The molecule has 5 heteroatoms. The van der Waals surface area contributed by atoms with Gasteiger partial charge in [-0.1, -0.05) is 18.2 Å². The lowest BCUT2D eigenvalue weighted by Gasteiger charge is -2.07. The van der Waals surface area contributed by atoms with Gasteiger partial charge in [-0.25, -0.2) is 13.2 Å². The van der Waals surface area contributed by atoms with Crippen molar-refractivity contribution in [1.29, 1.82) is 5.26 Å². The van der Waals surface area contributed by atoms with Crippen LogP contribution in [-0.4, -0.2) is 0 Å². The number of thiocyanates is 1. The van der Waals surface area contributed by atoms with Crippen LogP contribution in [0.1, 0.15) is 18.1 Å². The highest BCUT2D eigenvalue weighted by atomic mass is 32.2. The molecule has 0 N–H and O–H groups in total. The summed E-state index contributed by atoms with van der Waals surface area (Å²) in [7, 11) is 0. The maximum atomic E-state index is 14.3. The van der Waals surface area contributed by atoms with E-state index >= 15 is 0 Å². The standard InChI is InChI=1S/C16H10F3NS/c1-10(16(19)12-4-2-3-5-13(12)17)11-6-7-15(21-9-20)14(18)8-11/h2-8H,1H3/b16-10-. The summed E-state index contributed by atoms with van der Waals surface area (Å²) in [6.45, 7) is 1.45. The molecule has 2 aromatic rings. The molecule has 0 amide bonds. The summed E-state index contributed by atoms with van der Waals surface area (Å²) in [5.41, 5.74) is 0.272. The fraction of sp³-hybridized carbons (Fsp3) is 0.0625. The van der Waals surface area contributed by atoms with Crippen molar-refractivity contribution in [2.75, 3.05) is 0 Å². The van der Waals surface area contributed by atoms with Gasteiger partial charge in [0, 0.05) is 5.56 Å². The molecule has 0 aliphatic heterocycles. The molecule has 0 radical (unpaired) electrons. The molecule has 0 fully saturated rings. The van der Waals surface area contributed by atoms with Gasteiger partial charge in [-0.3, -0.25) is 0 Å². The number of rotatable bonds is 3. The van der Waals surface area contributed by atoms with Gasteiger partial charge in [-0.05, 0) is 54.1 Å². The van der Waals surface area contributed by atoms with Gasteiger partial charge < -0.3 is 0 Å². The van der Waals surface area contributed by atoms with Gasteiger partial charge >= 0.3 is 0 Å². The van der Waals surface area contributed by atoms with E-state index in [0.29, 0.717) is 17.3 Å². The van der Waals surface area contributed by atoms with Crippen LogP contribution >= 0.6 is 11.8 Å². The second kappa shape index (κ2) is 6.51. The normalized spacial score (nSPS) is 11.8. The Morgan fingerprint density at radius 1 is 1.10 bits per heavy atom. The van der Waals surface area contributed by atoms with Crippen LogP contribution in [0.5, 0.6) is 0 Å². The van der Waals surface area contributed by atoms with Crippen molar-refractivity contribution in [3.8, 4) is 5.40 Å². The fourth-order valence-corrected chi connectivity index (χ4v) is 2.22. The van der Waals surface area contributed by atoms with Crippen LogP contribution in [0.4, 0.5) is 13.2 Å². The first kappa shape index (κ1) is 15.2. The van der Waals surface area contributed by atoms with Crippen LogP contribution in [-0.2, 0) is 0 Å². The molecule has 0 bridgehead atoms. The Kier molecular flexibility index (Phi) is 4.71. The van der Waals surface area contributed by atoms with Crippen molar-refractivity contribution in [3.05, 3.63) is 65.2 Å². The van der Waals surface area contributed by atoms with Crippen molar-refractivity contribution >= 4 is 23.2 Å². The number of hydrogen-bond donors (Lipinski definition) is 0. The summed E-state index contributed by atoms with van der Waals surface area (Å²) < 4.78 is 41.6. The third-order valence-corrected chi connectivity index (χ3v) is 3.60. The minimum absolute atomic E-state index is 0.132. The molecule has 0 spiro atoms. The third kappa shape index (κ3) is 3.29. The zero-order valence-electron chi connectivity index (χ0n) is 11.0. The molecule has 0 saturated carbocycles. The van der Waals surface area contributed by atoms with Gasteiger partial charge in [0.1, 0.15) is 22.9 Å². The molecule has 106 valence electrons. The SMILES string of the molecule is C/C(=C(/F)c1ccccc1F)c1ccc(SC#N)c(F)c1. The Morgan fingerprint density at radius 3 is 2.43 bits per heavy atom. The molecular weight excluding hydrogens is 295 g/mol. The van der Waals surface area contributed by atoms with E-state index in [1.807, 2.05) is 0 Å². The van der Waals surface area contributed by atoms with E-state index in [0.717, 1.165) is 12.1 Å². The van der Waals surface area contributed by atoms with Crippen molar-refractivity contribution < 1.29 is 13.2 Å². The predicted molar refractivity (Wildman–Crippen MR) is 77.9 cm³/mol. The van der Waals surface area contributed by atoms with E-state index < -0.39 is 17.5 Å². The lowest BCUT2D eigenvalue weighted by molar-refractivity contribution is 0.601. The Morgan fingerprint density at radius 2 is 1.81 bits per heavy atom. The highest BCUT2D eigenvalue weighted by molar-refractivity contribution is 8.03. The Balaban J connectivity index is 2.46. The van der Waals surface area contributed by atoms with Crippen molar-refractivity contribution in [3.63, 3.8) is 0 Å². The highest BCUT2D eigenvalue weighted by Crippen LogP contribution is 2.31. The van der Waals surface area contributed by atoms with E-state index in [-0.39, 0.29) is 16.0 Å². The van der Waals surface area contributed by atoms with Gasteiger partial charge in [0.2, 0.25) is 0 Å². The molecule has 0 heterocycles. The number of nitriles is 1. The van der Waals surface area contributed by atoms with E-state index in [1.54, 1.807) is 5.40 Å². The maximum absolute atomic E-state index is 14.3. The minimum atomic E-state index is -0.742. The summed E-state index contributed by atoms with van der Waals surface area (Å²) in [4.78, 5) is 0.167. The largest absolute Gasteiger partial charge is 0.206 e. The predicted octanol–water partition coefficient (Wildman–Crippen LogP) is 5.40. The average molecular weight is 305 g/mol. The van der Waals surface area contributed by atoms with Gasteiger partial charge in [0.05, 0.1) is 4.90 Å². The average Bonchev–Trinajstić information content (AvgIpc) is 2.48. The third-order valence-electron chi connectivity index (χ3n) is 2.96. The molecule has 0 unspecified atom stereocenters. The monoisotopic (exact) mass is 305 g/mol. The molecule has 0 saturated heterocycles. The molecule has 0 aliphatic rings. The number of halogens is 3. The molecule has 0 atom stereocenters. The minimum Gasteiger partial charge on any atom is -0.206 e. The quantitative estimate of drug-likeness (QED) is 0.431. The summed E-state index contributed by atoms with van der Waals surface area (Å²) in [6.07, 6.45) is 0. The zero-order chi connectivity index (χ0) is 15.4. The number of thioether (sulfide) groups is 1. The van der Waals surface area contributed by atoms with Gasteiger partial charge in [0.15, 0.2) is 0 Å². The molecule has 21 heavy (non-hydrogen) atoms. The Hall–Kier alpha value is -2.19. The molecule has 2 aromatic carbocycles. The van der Waals surface area contributed by atoms with Gasteiger partial charge in [-0.15, -0.1) is 0 Å². The first-order chi connectivity index (χ1) is 10.0. The first-order valence-electron chi connectivity index (χ1n) is 6.01. The van der Waals surface area contributed by atoms with Crippen LogP contribution in [0, 0.1) is 22.3 Å². The summed E-state index contributed by atoms with van der Waals surface area (Å²) in [5.74, 6) is -2.03. The van der Waals surface area contributed by atoms with E-state index in [1.165, 1.54) is 37.3 Å². The number of hydrogen-bond acceptors (Lipinski definition) is 2. The fourth-order valence-electron chi connectivity index (χ4n) is 1.83. The highest BCUT2D eigenvalue weighted by Gasteiger charge is 2.13. The topological polar surface area (TPSA) is 23.8 Å². The van der Waals surface area contributed by atoms with Crippen LogP contribution < -0.4 is 0 Å². The summed E-state index contributed by atoms with van der Waals surface area (Å²) in [5, 5.41) is 10.3. The van der Waals surface area contributed by atoms with Crippen molar-refractivity contribution in [2.24, 2.45) is 0 Å². The van der Waals surface area contributed by atoms with Gasteiger partial charge in [0.25, 0.3) is 0 Å². The zero-order valence-corrected chi connectivity index (χ0v) is 11.8. The first-order valence-corrected chi connectivity index (χ1v) is 6.83. The Bertz CT molecular complexity index is 747. The van der Waals surface area contributed by atoms with Gasteiger partial charge in [-0.2, -0.15) is 5.26 Å². The molecule has 2 rings (SSSR count). The van der Waals surface area contributed by atoms with Crippen LogP contribution in [0.2, 0.25) is 0 Å². The molecule has 0 aromatic heterocycles. The van der Waals surface area contributed by atoms with Crippen LogP contribution in [0.15, 0.2) is 47.4 Å². The maximum Gasteiger partial charge on any atom is 0.138 e. The van der Waals surface area contributed by atoms with Crippen molar-refractivity contribution in [2.45, 2.75) is 11.8 Å². The molecule has 1 nitrogen and oxygen atoms in total. The van der Waals surface area contributed by atoms with E-state index in [4.69, 9.17) is 5.26 Å². The number of allylic oxidation sites excluding steroid dienone is 1. The van der Waals surface area contributed by atoms with Crippen LogP contribution in [0.25, 0.3) is 11.4 Å².